The van der Waals surface area contributed by atoms with Crippen LogP contribution < -0.4 is 4.74 Å². The third-order valence-corrected chi connectivity index (χ3v) is 22.3. The fraction of sp³-hybridized carbons (Fsp3) is 0.739. The van der Waals surface area contributed by atoms with Crippen molar-refractivity contribution in [2.75, 3.05) is 186 Å². The first-order chi connectivity index (χ1) is 42.9. The number of quaternary nitrogens is 10. The van der Waals surface area contributed by atoms with Gasteiger partial charge in [-0.3, -0.25) is 22.7 Å². The smallest absolute Gasteiger partial charge is 0.497 e. The highest BCUT2D eigenvalue weighted by Gasteiger charge is 2.65. The molecule has 6 aliphatic heterocycles. The number of ether oxygens (including phenoxy) is 1. The Morgan fingerprint density at radius 1 is 0.583 bits per heavy atom. The van der Waals surface area contributed by atoms with Crippen LogP contribution >= 0.6 is 0 Å². The summed E-state index contributed by atoms with van der Waals surface area (Å²) in [7, 11) is 34.3. The van der Waals surface area contributed by atoms with Crippen molar-refractivity contribution < 1.29 is 128 Å². The van der Waals surface area contributed by atoms with Crippen LogP contribution in [0, 0.1) is 0 Å². The van der Waals surface area contributed by atoms with E-state index < -0.39 is 34.6 Å². The number of likely N-dealkylation sites (N-methyl/N-ethyl adjacent to an activating group) is 8. The van der Waals surface area contributed by atoms with Gasteiger partial charge >= 0.3 is 71.2 Å². The van der Waals surface area contributed by atoms with Crippen LogP contribution in [0.5, 0.6) is 5.75 Å². The van der Waals surface area contributed by atoms with Gasteiger partial charge in [0.2, 0.25) is 18.6 Å². The summed E-state index contributed by atoms with van der Waals surface area (Å²) in [6.07, 6.45) is 6.34. The van der Waals surface area contributed by atoms with Crippen molar-refractivity contribution in [3.05, 3.63) is 29.8 Å². The number of aliphatic carboxylic acids is 3. The molecule has 10 amide bonds. The van der Waals surface area contributed by atoms with Crippen LogP contribution in [0.4, 0.5) is 4.79 Å². The SMILES string of the molecule is CC(CCC(=O)O)(C(=O)O)[N+](C)(C)C.CC1(C(=O)O)CCC(=O)[N+]1(C)C.CC1(C)CC(C)(C)[N+]1(C)CC[N+](C)(C)C(=O)[N+]1(C)CCCC1=O.CC1(O)CC(=O)[N+](C)(CC(=O)[N+](C)(C)C)C1.COc1ccc(C(=O)[N+]2(C)CCCC2=O)cc1.C[N+](C)(C)C(=O)C[N+]1(C)CCCC1=O. The second kappa shape index (κ2) is 30.2. The molecule has 96 heavy (non-hydrogen) atoms. The molecule has 0 radical (unpaired) electrons. The molecule has 0 aromatic heterocycles. The van der Waals surface area contributed by atoms with E-state index in [1.54, 1.807) is 130 Å². The standard InChI is InChI=1S/C18H36N3O2.C13H16NO3.C11H22N2O3.C10H20N2O2.C9H17NO4.C8H13NO3/c1-17(2)14-18(3,4)21(17,8)13-12-19(5,6)16(23)20(7)11-9-10-15(20)22;1-14(9-3-4-12(14)15)13(16)10-5-7-11(17-2)8-6-10;1-11(16)6-9(14)13(5,8-11)7-10(15)12(2,3)4;1-11(2,3)10(14)8-12(4)7-5-6-9(12)13;1-9(8(13)14,10(2,3)4)6-5-7(11)12;1-8(7(11)12)5-4-6(10)9(8,2)3/h9-14H2,1-8H3;5-8H,3-4,9H2,1-2H3;16H,6-8H2,1-5H3;5-8H2,1-4H3;5-6H2,1-4H3,(H-,11,12,13,14);4-5H2,1-3H3/q+3;+1;2*+2;;/p+2. The van der Waals surface area contributed by atoms with E-state index in [2.05, 4.69) is 34.7 Å². The van der Waals surface area contributed by atoms with Gasteiger partial charge in [-0.1, -0.05) is 0 Å². The Kier molecular flexibility index (Phi) is 27.1. The van der Waals surface area contributed by atoms with E-state index in [0.717, 1.165) is 43.4 Å². The quantitative estimate of drug-likeness (QED) is 0.143. The lowest BCUT2D eigenvalue weighted by molar-refractivity contribution is -1.05. The van der Waals surface area contributed by atoms with E-state index in [9.17, 15) is 62.6 Å². The number of likely N-dealkylation sites (tertiary alicyclic amines) is 6. The van der Waals surface area contributed by atoms with Gasteiger partial charge in [-0.25, -0.2) is 56.9 Å². The summed E-state index contributed by atoms with van der Waals surface area (Å²) < 4.78 is 7.14. The number of hydrogen-bond donors (Lipinski definition) is 4. The minimum Gasteiger partial charge on any atom is -0.497 e. The maximum absolute atomic E-state index is 13.1. The Morgan fingerprint density at radius 2 is 1.02 bits per heavy atom. The van der Waals surface area contributed by atoms with Crippen molar-refractivity contribution >= 4 is 71.2 Å². The first-order valence-corrected chi connectivity index (χ1v) is 33.2. The molecule has 1 aromatic carbocycles. The summed E-state index contributed by atoms with van der Waals surface area (Å²) in [5.74, 6) is -1.92. The van der Waals surface area contributed by atoms with Gasteiger partial charge in [0.25, 0.3) is 0 Å². The zero-order valence-corrected chi connectivity index (χ0v) is 63.5. The molecule has 0 saturated carbocycles. The van der Waals surface area contributed by atoms with E-state index in [-0.39, 0.29) is 122 Å². The van der Waals surface area contributed by atoms with Crippen molar-refractivity contribution in [1.29, 1.82) is 0 Å². The summed E-state index contributed by atoms with van der Waals surface area (Å²) in [6.45, 7) is 18.7. The molecular formula is C69H126N10O17+10. The number of benzene rings is 1. The number of amides is 10. The Labute approximate surface area is 571 Å². The third-order valence-electron chi connectivity index (χ3n) is 22.3. The van der Waals surface area contributed by atoms with Crippen LogP contribution in [0.25, 0.3) is 0 Å². The molecule has 6 heterocycles. The molecule has 4 N–H and O–H groups in total. The number of nitrogens with zero attached hydrogens (tertiary/aromatic N) is 10. The van der Waals surface area contributed by atoms with Crippen LogP contribution in [0.1, 0.15) is 136 Å². The average molecular weight is 1370 g/mol. The average Bonchev–Trinajstić information content (AvgIpc) is 0.965. The molecule has 6 saturated heterocycles. The van der Waals surface area contributed by atoms with Gasteiger partial charge in [0.05, 0.1) is 215 Å². The first-order valence-electron chi connectivity index (χ1n) is 33.2. The van der Waals surface area contributed by atoms with E-state index in [4.69, 9.17) is 20.1 Å². The normalized spacial score (nSPS) is 28.4. The molecular weight excluding hydrogens is 1240 g/mol. The number of imide groups is 2. The van der Waals surface area contributed by atoms with Crippen molar-refractivity contribution in [3.8, 4) is 5.75 Å². The highest BCUT2D eigenvalue weighted by Crippen LogP contribution is 2.50. The lowest BCUT2D eigenvalue weighted by Gasteiger charge is -2.67. The number of aliphatic hydroxyl groups is 1. The number of hydrogen-bond acceptors (Lipinski definition) is 14. The Balaban J connectivity index is 0.000000397. The molecule has 6 fully saturated rings. The van der Waals surface area contributed by atoms with Gasteiger partial charge in [-0.15, -0.1) is 4.48 Å². The monoisotopic (exact) mass is 1370 g/mol. The van der Waals surface area contributed by atoms with Gasteiger partial charge in [-0.05, 0) is 58.9 Å². The summed E-state index contributed by atoms with van der Waals surface area (Å²) in [5.41, 5.74) is -1.92. The van der Waals surface area contributed by atoms with Gasteiger partial charge in [-0.2, -0.15) is 9.28 Å². The maximum Gasteiger partial charge on any atom is 0.521 e. The number of rotatable bonds is 15. The highest BCUT2D eigenvalue weighted by atomic mass is 16.5. The van der Waals surface area contributed by atoms with Crippen molar-refractivity contribution in [2.24, 2.45) is 0 Å². The van der Waals surface area contributed by atoms with Gasteiger partial charge in [0.15, 0.2) is 5.54 Å². The number of urea groups is 1. The van der Waals surface area contributed by atoms with E-state index >= 15 is 0 Å². The molecule has 0 aliphatic carbocycles. The summed E-state index contributed by atoms with van der Waals surface area (Å²) in [6, 6.07) is 6.92. The van der Waals surface area contributed by atoms with Crippen molar-refractivity contribution in [1.82, 2.24) is 0 Å². The van der Waals surface area contributed by atoms with Crippen LogP contribution in [0.2, 0.25) is 0 Å². The summed E-state index contributed by atoms with van der Waals surface area (Å²) in [5, 5.41) is 36.4. The van der Waals surface area contributed by atoms with Gasteiger partial charge in [0, 0.05) is 46.0 Å². The minimum atomic E-state index is -1.06. The zero-order valence-electron chi connectivity index (χ0n) is 63.5. The molecule has 0 spiro atoms. The molecule has 1 aromatic rings. The predicted octanol–water partition coefficient (Wildman–Crippen LogP) is 3.92. The van der Waals surface area contributed by atoms with Gasteiger partial charge < -0.3 is 34.1 Å². The third kappa shape index (κ3) is 19.5. The van der Waals surface area contributed by atoms with Crippen LogP contribution in [-0.4, -0.2) is 351 Å². The molecule has 7 atom stereocenters. The predicted molar refractivity (Wildman–Crippen MR) is 360 cm³/mol. The maximum atomic E-state index is 13.1. The fourth-order valence-electron chi connectivity index (χ4n) is 13.5. The van der Waals surface area contributed by atoms with E-state index in [0.29, 0.717) is 78.6 Å². The largest absolute Gasteiger partial charge is 0.521 e. The minimum absolute atomic E-state index is 0.0000926. The molecule has 27 nitrogen and oxygen atoms in total. The zero-order chi connectivity index (χ0) is 75.3. The number of carboxylic acid groups (broad SMARTS) is 3. The highest BCUT2D eigenvalue weighted by molar-refractivity contribution is 5.96. The molecule has 544 valence electrons. The van der Waals surface area contributed by atoms with E-state index in [1.165, 1.54) is 6.42 Å². The van der Waals surface area contributed by atoms with Crippen LogP contribution in [0.15, 0.2) is 24.3 Å². The molecule has 6 aliphatic rings. The second-order valence-electron chi connectivity index (χ2n) is 34.0. The van der Waals surface area contributed by atoms with E-state index in [1.807, 2.05) is 42.3 Å². The number of carbonyl (C=O) groups is 12. The van der Waals surface area contributed by atoms with Crippen LogP contribution in [0.3, 0.4) is 0 Å². The lowest BCUT2D eigenvalue weighted by atomic mass is 9.69. The Bertz CT molecular complexity index is 3110. The number of methoxy groups -OCH3 is 1. The second-order valence-corrected chi connectivity index (χ2v) is 34.0. The Hall–Kier alpha value is -5.98. The summed E-state index contributed by atoms with van der Waals surface area (Å²) >= 11 is 0. The first kappa shape index (κ1) is 86.1. The number of carboxylic acids is 3. The molecule has 0 bridgehead atoms. The van der Waals surface area contributed by atoms with Crippen LogP contribution in [-0.2, 0) is 47.9 Å². The number of carbonyl (C=O) groups excluding carboxylic acids is 9. The lowest BCUT2D eigenvalue weighted by Crippen LogP contribution is -2.81. The molecule has 7 unspecified atom stereocenters. The molecule has 27 heteroatoms. The summed E-state index contributed by atoms with van der Waals surface area (Å²) in [4.78, 5) is 140. The van der Waals surface area contributed by atoms with Crippen molar-refractivity contribution in [2.45, 2.75) is 153 Å². The van der Waals surface area contributed by atoms with Crippen molar-refractivity contribution in [3.63, 3.8) is 0 Å². The van der Waals surface area contributed by atoms with Gasteiger partial charge in [0.1, 0.15) is 31.0 Å². The topological polar surface area (TPSA) is 295 Å². The Morgan fingerprint density at radius 3 is 1.33 bits per heavy atom. The fourth-order valence-corrected chi connectivity index (χ4v) is 13.5. The molecule has 7 rings (SSSR count).